The van der Waals surface area contributed by atoms with Crippen molar-refractivity contribution in [3.05, 3.63) is 35.2 Å². The van der Waals surface area contributed by atoms with Gasteiger partial charge >= 0.3 is 12.0 Å². The molecule has 150 valence electrons. The largest absolute Gasteiger partial charge is 0.458 e. The molecule has 1 saturated heterocycles. The number of pyridine rings is 1. The summed E-state index contributed by atoms with van der Waals surface area (Å²) in [5, 5.41) is 3.34. The molecule has 0 atom stereocenters. The average molecular weight is 407 g/mol. The van der Waals surface area contributed by atoms with Crippen molar-refractivity contribution in [2.24, 2.45) is 0 Å². The average Bonchev–Trinajstić information content (AvgIpc) is 3.14. The number of halogens is 1. The number of nitrogens with one attached hydrogen (secondary N) is 1. The van der Waals surface area contributed by atoms with Gasteiger partial charge in [-0.1, -0.05) is 38.3 Å². The number of hydrogen-bond donors (Lipinski definition) is 1. The molecule has 3 rings (SSSR count). The minimum absolute atomic E-state index is 0.0587. The molecular formula is C19H23ClN4O4. The van der Waals surface area contributed by atoms with Crippen molar-refractivity contribution in [1.29, 1.82) is 0 Å². The van der Waals surface area contributed by atoms with Crippen molar-refractivity contribution in [2.75, 3.05) is 6.54 Å². The molecule has 28 heavy (non-hydrogen) atoms. The Morgan fingerprint density at radius 3 is 2.61 bits per heavy atom. The van der Waals surface area contributed by atoms with Crippen LogP contribution in [0.15, 0.2) is 24.5 Å². The minimum atomic E-state index is -0.915. The molecule has 0 aliphatic carbocycles. The van der Waals surface area contributed by atoms with Crippen molar-refractivity contribution >= 4 is 35.2 Å². The van der Waals surface area contributed by atoms with Crippen molar-refractivity contribution in [2.45, 2.75) is 51.7 Å². The van der Waals surface area contributed by atoms with E-state index in [0.29, 0.717) is 29.2 Å². The van der Waals surface area contributed by atoms with Gasteiger partial charge in [-0.3, -0.25) is 14.5 Å². The van der Waals surface area contributed by atoms with E-state index in [2.05, 4.69) is 10.3 Å². The molecule has 2 aromatic rings. The molecule has 0 bridgehead atoms. The van der Waals surface area contributed by atoms with Crippen LogP contribution in [-0.4, -0.2) is 44.3 Å². The highest BCUT2D eigenvalue weighted by Crippen LogP contribution is 2.28. The van der Waals surface area contributed by atoms with E-state index < -0.39 is 24.1 Å². The summed E-state index contributed by atoms with van der Waals surface area (Å²) in [6.07, 6.45) is 5.99. The standard InChI is InChI=1S/C19H23ClN4O4/c1-3-7-19(8-4-2)17(26)24(18(27)22-19)11-16(25)28-12-14-10-23-9-13(20)5-6-15(23)21-14/h5-6,9-10H,3-4,7-8,11-12H2,1-2H3,(H,22,27). The molecule has 3 heterocycles. The number of esters is 1. The Hall–Kier alpha value is -2.61. The summed E-state index contributed by atoms with van der Waals surface area (Å²) in [6, 6.07) is 2.92. The van der Waals surface area contributed by atoms with Gasteiger partial charge in [-0.25, -0.2) is 9.78 Å². The highest BCUT2D eigenvalue weighted by atomic mass is 35.5. The molecule has 1 aliphatic heterocycles. The third-order valence-electron chi connectivity index (χ3n) is 4.73. The number of aromatic nitrogens is 2. The van der Waals surface area contributed by atoms with Gasteiger partial charge < -0.3 is 14.5 Å². The van der Waals surface area contributed by atoms with Crippen LogP contribution in [0.4, 0.5) is 4.79 Å². The number of carbonyl (C=O) groups is 3. The first-order valence-corrected chi connectivity index (χ1v) is 9.69. The molecule has 2 aromatic heterocycles. The number of nitrogens with zero attached hydrogens (tertiary/aromatic N) is 3. The Balaban J connectivity index is 1.62. The van der Waals surface area contributed by atoms with Crippen LogP contribution in [0.25, 0.3) is 5.65 Å². The van der Waals surface area contributed by atoms with Gasteiger partial charge in [0.1, 0.15) is 24.3 Å². The van der Waals surface area contributed by atoms with Crippen LogP contribution in [0.3, 0.4) is 0 Å². The smallest absolute Gasteiger partial charge is 0.326 e. The fourth-order valence-corrected chi connectivity index (χ4v) is 3.72. The minimum Gasteiger partial charge on any atom is -0.458 e. The van der Waals surface area contributed by atoms with Crippen LogP contribution >= 0.6 is 11.6 Å². The van der Waals surface area contributed by atoms with Crippen molar-refractivity contribution in [3.8, 4) is 0 Å². The Kier molecular flexibility index (Phi) is 5.88. The third-order valence-corrected chi connectivity index (χ3v) is 4.96. The van der Waals surface area contributed by atoms with Gasteiger partial charge in [0.05, 0.1) is 10.7 Å². The lowest BCUT2D eigenvalue weighted by molar-refractivity contribution is -0.149. The predicted molar refractivity (Wildman–Crippen MR) is 103 cm³/mol. The lowest BCUT2D eigenvalue weighted by atomic mass is 9.88. The number of urea groups is 1. The summed E-state index contributed by atoms with van der Waals surface area (Å²) in [4.78, 5) is 42.5. The van der Waals surface area contributed by atoms with E-state index in [-0.39, 0.29) is 12.5 Å². The summed E-state index contributed by atoms with van der Waals surface area (Å²) in [5.74, 6) is -1.03. The van der Waals surface area contributed by atoms with Crippen molar-refractivity contribution in [1.82, 2.24) is 19.6 Å². The van der Waals surface area contributed by atoms with Crippen molar-refractivity contribution in [3.63, 3.8) is 0 Å². The second-order valence-corrected chi connectivity index (χ2v) is 7.35. The van der Waals surface area contributed by atoms with E-state index in [1.54, 1.807) is 28.9 Å². The fraction of sp³-hybridized carbons (Fsp3) is 0.474. The highest BCUT2D eigenvalue weighted by molar-refractivity contribution is 6.30. The zero-order chi connectivity index (χ0) is 20.3. The van der Waals surface area contributed by atoms with E-state index in [0.717, 1.165) is 17.7 Å². The maximum absolute atomic E-state index is 12.8. The normalized spacial score (nSPS) is 15.9. The summed E-state index contributed by atoms with van der Waals surface area (Å²) in [7, 11) is 0. The number of ether oxygens (including phenoxy) is 1. The zero-order valence-electron chi connectivity index (χ0n) is 15.9. The molecule has 0 spiro atoms. The quantitative estimate of drug-likeness (QED) is 0.537. The number of hydrogen-bond acceptors (Lipinski definition) is 5. The molecule has 0 unspecified atom stereocenters. The van der Waals surface area contributed by atoms with Gasteiger partial charge in [0.2, 0.25) is 0 Å². The first kappa shape index (κ1) is 20.1. The molecule has 9 heteroatoms. The maximum Gasteiger partial charge on any atom is 0.326 e. The molecule has 0 radical (unpaired) electrons. The second-order valence-electron chi connectivity index (χ2n) is 6.91. The number of amides is 3. The fourth-order valence-electron chi connectivity index (χ4n) is 3.55. The Labute approximate surface area is 167 Å². The summed E-state index contributed by atoms with van der Waals surface area (Å²) < 4.78 is 6.94. The van der Waals surface area contributed by atoms with E-state index in [9.17, 15) is 14.4 Å². The van der Waals surface area contributed by atoms with Crippen LogP contribution in [0, 0.1) is 0 Å². The zero-order valence-corrected chi connectivity index (χ0v) is 16.7. The van der Waals surface area contributed by atoms with E-state index in [1.807, 2.05) is 13.8 Å². The van der Waals surface area contributed by atoms with Gasteiger partial charge in [0.15, 0.2) is 0 Å². The van der Waals surface area contributed by atoms with Gasteiger partial charge in [-0.05, 0) is 25.0 Å². The highest BCUT2D eigenvalue weighted by Gasteiger charge is 2.50. The molecule has 0 saturated carbocycles. The SMILES string of the molecule is CCCC1(CCC)NC(=O)N(CC(=O)OCc2cn3cc(Cl)ccc3n2)C1=O. The van der Waals surface area contributed by atoms with Gasteiger partial charge in [0.25, 0.3) is 5.91 Å². The topological polar surface area (TPSA) is 93.0 Å². The Bertz CT molecular complexity index is 904. The number of imide groups is 1. The molecule has 1 aliphatic rings. The first-order valence-electron chi connectivity index (χ1n) is 9.31. The Morgan fingerprint density at radius 2 is 1.93 bits per heavy atom. The second kappa shape index (κ2) is 8.18. The van der Waals surface area contributed by atoms with E-state index in [4.69, 9.17) is 16.3 Å². The molecular weight excluding hydrogens is 384 g/mol. The van der Waals surface area contributed by atoms with Crippen LogP contribution in [0.2, 0.25) is 5.02 Å². The predicted octanol–water partition coefficient (Wildman–Crippen LogP) is 2.92. The summed E-state index contributed by atoms with van der Waals surface area (Å²) in [5.41, 5.74) is 0.300. The Morgan fingerprint density at radius 1 is 1.21 bits per heavy atom. The monoisotopic (exact) mass is 406 g/mol. The van der Waals surface area contributed by atoms with Gasteiger partial charge in [-0.15, -0.1) is 0 Å². The van der Waals surface area contributed by atoms with Crippen LogP contribution in [-0.2, 0) is 20.9 Å². The van der Waals surface area contributed by atoms with Crippen LogP contribution in [0.1, 0.15) is 45.2 Å². The number of rotatable bonds is 8. The third kappa shape index (κ3) is 3.96. The summed E-state index contributed by atoms with van der Waals surface area (Å²) in [6.45, 7) is 3.43. The van der Waals surface area contributed by atoms with Crippen LogP contribution < -0.4 is 5.32 Å². The van der Waals surface area contributed by atoms with Gasteiger partial charge in [-0.2, -0.15) is 0 Å². The molecule has 0 aromatic carbocycles. The number of imidazole rings is 1. The van der Waals surface area contributed by atoms with Gasteiger partial charge in [0, 0.05) is 12.4 Å². The lowest BCUT2D eigenvalue weighted by Gasteiger charge is -2.25. The van der Waals surface area contributed by atoms with Crippen LogP contribution in [0.5, 0.6) is 0 Å². The van der Waals surface area contributed by atoms with Crippen molar-refractivity contribution < 1.29 is 19.1 Å². The lowest BCUT2D eigenvalue weighted by Crippen LogP contribution is -2.47. The maximum atomic E-state index is 12.8. The molecule has 1 N–H and O–H groups in total. The number of fused-ring (bicyclic) bond motifs is 1. The molecule has 8 nitrogen and oxygen atoms in total. The molecule has 1 fully saturated rings. The first-order chi connectivity index (χ1) is 13.4. The van der Waals surface area contributed by atoms with E-state index >= 15 is 0 Å². The molecule has 3 amide bonds. The number of carbonyl (C=O) groups excluding carboxylic acids is 3. The summed E-state index contributed by atoms with van der Waals surface area (Å²) >= 11 is 5.94. The van der Waals surface area contributed by atoms with E-state index in [1.165, 1.54) is 0 Å².